The van der Waals surface area contributed by atoms with Crippen molar-refractivity contribution in [3.05, 3.63) is 71.8 Å². The Hall–Kier alpha value is -2.67. The maximum absolute atomic E-state index is 13.4. The molecule has 6 nitrogen and oxygen atoms in total. The van der Waals surface area contributed by atoms with E-state index in [2.05, 4.69) is 0 Å². The van der Waals surface area contributed by atoms with Gasteiger partial charge in [-0.3, -0.25) is 9.59 Å². The van der Waals surface area contributed by atoms with Gasteiger partial charge < -0.3 is 9.80 Å². The predicted octanol–water partition coefficient (Wildman–Crippen LogP) is 2.25. The minimum absolute atomic E-state index is 0.0113. The Bertz CT molecular complexity index is 967. The molecule has 0 radical (unpaired) electrons. The lowest BCUT2D eigenvalue weighted by Crippen LogP contribution is -2.40. The van der Waals surface area contributed by atoms with Gasteiger partial charge in [0.05, 0.1) is 17.4 Å². The molecule has 2 saturated heterocycles. The van der Waals surface area contributed by atoms with Crippen molar-refractivity contribution in [2.24, 2.45) is 5.92 Å². The highest BCUT2D eigenvalue weighted by Crippen LogP contribution is 2.28. The van der Waals surface area contributed by atoms with Crippen LogP contribution in [0.4, 0.5) is 0 Å². The van der Waals surface area contributed by atoms with Crippen molar-refractivity contribution in [3.8, 4) is 0 Å². The largest absolute Gasteiger partial charge is 0.338 e. The molecule has 7 heteroatoms. The summed E-state index contributed by atoms with van der Waals surface area (Å²) in [4.78, 5) is 29.4. The number of nitrogens with zero attached hydrogens (tertiary/aromatic N) is 2. The number of sulfone groups is 1. The van der Waals surface area contributed by atoms with Crippen LogP contribution >= 0.6 is 0 Å². The normalized spacial score (nSPS) is 22.9. The average molecular weight is 427 g/mol. The Morgan fingerprint density at radius 2 is 1.53 bits per heavy atom. The Morgan fingerprint density at radius 1 is 0.967 bits per heavy atom. The van der Waals surface area contributed by atoms with Gasteiger partial charge >= 0.3 is 0 Å². The minimum Gasteiger partial charge on any atom is -0.338 e. The van der Waals surface area contributed by atoms with Crippen LogP contribution in [-0.4, -0.2) is 54.1 Å². The monoisotopic (exact) mass is 426 g/mol. The molecule has 2 atom stereocenters. The van der Waals surface area contributed by atoms with Gasteiger partial charge in [-0.1, -0.05) is 60.7 Å². The van der Waals surface area contributed by atoms with E-state index in [9.17, 15) is 18.0 Å². The zero-order valence-electron chi connectivity index (χ0n) is 16.8. The van der Waals surface area contributed by atoms with Crippen molar-refractivity contribution in [1.82, 2.24) is 9.80 Å². The molecule has 2 fully saturated rings. The number of amides is 2. The molecule has 0 aliphatic carbocycles. The number of hydrogen-bond donors (Lipinski definition) is 0. The van der Waals surface area contributed by atoms with Gasteiger partial charge in [0.2, 0.25) is 11.8 Å². The number of rotatable bonds is 6. The molecule has 0 aromatic heterocycles. The summed E-state index contributed by atoms with van der Waals surface area (Å²) in [6, 6.07) is 19.3. The maximum atomic E-state index is 13.4. The zero-order valence-corrected chi connectivity index (χ0v) is 17.6. The number of benzene rings is 2. The molecule has 2 aliphatic heterocycles. The second kappa shape index (κ2) is 8.60. The summed E-state index contributed by atoms with van der Waals surface area (Å²) in [6.07, 6.45) is 0.613. The van der Waals surface area contributed by atoms with Gasteiger partial charge in [-0.25, -0.2) is 8.42 Å². The first-order valence-corrected chi connectivity index (χ1v) is 12.1. The second-order valence-corrected chi connectivity index (χ2v) is 10.4. The highest BCUT2D eigenvalue weighted by molar-refractivity contribution is 7.91. The standard InChI is InChI=1S/C23H26N2O4S/c26-22-13-20(16-25(22)21-11-12-30(28,29)17-21)23(27)24(14-18-7-3-1-4-8-18)15-19-9-5-2-6-10-19/h1-10,20-21H,11-17H2/t20-,21+/m1/s1. The van der Waals surface area contributed by atoms with E-state index in [-0.39, 0.29) is 35.8 Å². The molecular formula is C23H26N2O4S. The third kappa shape index (κ3) is 4.73. The topological polar surface area (TPSA) is 74.8 Å². The Labute approximate surface area is 177 Å². The van der Waals surface area contributed by atoms with E-state index < -0.39 is 15.8 Å². The zero-order chi connectivity index (χ0) is 21.1. The van der Waals surface area contributed by atoms with Gasteiger partial charge in [0.15, 0.2) is 9.84 Å². The lowest BCUT2D eigenvalue weighted by Gasteiger charge is -2.27. The van der Waals surface area contributed by atoms with Crippen molar-refractivity contribution >= 4 is 21.7 Å². The van der Waals surface area contributed by atoms with Crippen molar-refractivity contribution in [1.29, 1.82) is 0 Å². The van der Waals surface area contributed by atoms with Gasteiger partial charge in [-0.15, -0.1) is 0 Å². The molecule has 4 rings (SSSR count). The van der Waals surface area contributed by atoms with Crippen LogP contribution in [-0.2, 0) is 32.5 Å². The fourth-order valence-electron chi connectivity index (χ4n) is 4.35. The van der Waals surface area contributed by atoms with Crippen LogP contribution in [0.3, 0.4) is 0 Å². The molecule has 0 unspecified atom stereocenters. The Morgan fingerprint density at radius 3 is 2.03 bits per heavy atom. The Kier molecular flexibility index (Phi) is 5.90. The summed E-state index contributed by atoms with van der Waals surface area (Å²) in [5.41, 5.74) is 2.06. The molecule has 2 aliphatic rings. The molecule has 2 amide bonds. The SMILES string of the molecule is O=C([C@@H]1CC(=O)N([C@H]2CCS(=O)(=O)C2)C1)N(Cc1ccccc1)Cc1ccccc1. The number of likely N-dealkylation sites (tertiary alicyclic amines) is 1. The van der Waals surface area contributed by atoms with Crippen molar-refractivity contribution in [3.63, 3.8) is 0 Å². The van der Waals surface area contributed by atoms with Crippen molar-refractivity contribution in [2.45, 2.75) is 32.0 Å². The molecule has 2 aromatic rings. The molecule has 158 valence electrons. The summed E-state index contributed by atoms with van der Waals surface area (Å²) in [5.74, 6) is -0.478. The van der Waals surface area contributed by atoms with Crippen LogP contribution in [0.15, 0.2) is 60.7 Å². The van der Waals surface area contributed by atoms with E-state index in [1.807, 2.05) is 60.7 Å². The van der Waals surface area contributed by atoms with E-state index in [1.54, 1.807) is 9.80 Å². The highest BCUT2D eigenvalue weighted by Gasteiger charge is 2.42. The lowest BCUT2D eigenvalue weighted by molar-refractivity contribution is -0.137. The van der Waals surface area contributed by atoms with E-state index in [1.165, 1.54) is 0 Å². The Balaban J connectivity index is 1.50. The van der Waals surface area contributed by atoms with Crippen LogP contribution in [0.5, 0.6) is 0 Å². The molecular weight excluding hydrogens is 400 g/mol. The summed E-state index contributed by atoms with van der Waals surface area (Å²) in [6.45, 7) is 1.24. The second-order valence-electron chi connectivity index (χ2n) is 8.17. The summed E-state index contributed by atoms with van der Waals surface area (Å²) in [7, 11) is -3.08. The van der Waals surface area contributed by atoms with Crippen LogP contribution in [0, 0.1) is 5.92 Å². The molecule has 0 N–H and O–H groups in total. The van der Waals surface area contributed by atoms with Gasteiger partial charge in [-0.2, -0.15) is 0 Å². The number of hydrogen-bond acceptors (Lipinski definition) is 4. The number of carbonyl (C=O) groups is 2. The van der Waals surface area contributed by atoms with E-state index in [0.717, 1.165) is 11.1 Å². The van der Waals surface area contributed by atoms with E-state index in [4.69, 9.17) is 0 Å². The first-order valence-electron chi connectivity index (χ1n) is 10.3. The molecule has 30 heavy (non-hydrogen) atoms. The molecule has 0 spiro atoms. The fourth-order valence-corrected chi connectivity index (χ4v) is 6.08. The first-order chi connectivity index (χ1) is 14.4. The van der Waals surface area contributed by atoms with E-state index >= 15 is 0 Å². The first kappa shape index (κ1) is 20.6. The smallest absolute Gasteiger partial charge is 0.228 e. The third-order valence-electron chi connectivity index (χ3n) is 5.90. The molecule has 2 aromatic carbocycles. The molecule has 2 heterocycles. The average Bonchev–Trinajstić information content (AvgIpc) is 3.30. The van der Waals surface area contributed by atoms with Gasteiger partial charge in [-0.05, 0) is 17.5 Å². The van der Waals surface area contributed by atoms with Crippen LogP contribution in [0.1, 0.15) is 24.0 Å². The van der Waals surface area contributed by atoms with Gasteiger partial charge in [0.1, 0.15) is 0 Å². The molecule has 0 bridgehead atoms. The summed E-state index contributed by atoms with van der Waals surface area (Å²) >= 11 is 0. The quantitative estimate of drug-likeness (QED) is 0.710. The van der Waals surface area contributed by atoms with Gasteiger partial charge in [0, 0.05) is 32.1 Å². The summed E-state index contributed by atoms with van der Waals surface area (Å²) < 4.78 is 23.6. The third-order valence-corrected chi connectivity index (χ3v) is 7.65. The van der Waals surface area contributed by atoms with Crippen LogP contribution < -0.4 is 0 Å². The lowest BCUT2D eigenvalue weighted by atomic mass is 10.1. The van der Waals surface area contributed by atoms with Gasteiger partial charge in [0.25, 0.3) is 0 Å². The van der Waals surface area contributed by atoms with Crippen molar-refractivity contribution in [2.75, 3.05) is 18.1 Å². The number of carbonyl (C=O) groups excluding carboxylic acids is 2. The maximum Gasteiger partial charge on any atom is 0.228 e. The molecule has 0 saturated carbocycles. The summed E-state index contributed by atoms with van der Waals surface area (Å²) in [5, 5.41) is 0. The van der Waals surface area contributed by atoms with E-state index in [0.29, 0.717) is 26.1 Å². The predicted molar refractivity (Wildman–Crippen MR) is 114 cm³/mol. The highest BCUT2D eigenvalue weighted by atomic mass is 32.2. The van der Waals surface area contributed by atoms with Crippen molar-refractivity contribution < 1.29 is 18.0 Å². The van der Waals surface area contributed by atoms with Crippen LogP contribution in [0.2, 0.25) is 0 Å². The van der Waals surface area contributed by atoms with Crippen LogP contribution in [0.25, 0.3) is 0 Å². The minimum atomic E-state index is -3.08. The fraction of sp³-hybridized carbons (Fsp3) is 0.391.